The zero-order chi connectivity index (χ0) is 16.3. The quantitative estimate of drug-likeness (QED) is 0.922. The minimum Gasteiger partial charge on any atom is -0.496 e. The monoisotopic (exact) mass is 297 g/mol. The van der Waals surface area contributed by atoms with Crippen molar-refractivity contribution in [3.05, 3.63) is 64.2 Å². The van der Waals surface area contributed by atoms with Gasteiger partial charge in [-0.15, -0.1) is 0 Å². The molecule has 1 atom stereocenters. The van der Waals surface area contributed by atoms with Gasteiger partial charge in [0.15, 0.2) is 0 Å². The Labute approximate surface area is 132 Å². The van der Waals surface area contributed by atoms with Crippen molar-refractivity contribution in [1.82, 2.24) is 5.32 Å². The first-order chi connectivity index (χ1) is 10.4. The van der Waals surface area contributed by atoms with E-state index < -0.39 is 0 Å². The fourth-order valence-electron chi connectivity index (χ4n) is 2.58. The lowest BCUT2D eigenvalue weighted by molar-refractivity contribution is 0.0939. The number of ether oxygens (including phenoxy) is 1. The van der Waals surface area contributed by atoms with Crippen molar-refractivity contribution in [1.29, 1.82) is 0 Å². The molecule has 0 aromatic heterocycles. The summed E-state index contributed by atoms with van der Waals surface area (Å²) >= 11 is 0. The molecule has 3 nitrogen and oxygen atoms in total. The van der Waals surface area contributed by atoms with E-state index in [4.69, 9.17) is 4.74 Å². The van der Waals surface area contributed by atoms with Crippen LogP contribution in [0.25, 0.3) is 0 Å². The van der Waals surface area contributed by atoms with E-state index in [1.807, 2.05) is 51.1 Å². The molecule has 2 aromatic carbocycles. The Bertz CT molecular complexity index is 692. The normalized spacial score (nSPS) is 11.9. The standard InChI is InChI=1S/C19H23NO2/c1-12-10-14(3)17(11-13(12)2)19(21)20-15(4)16-8-6-7-9-18(16)22-5/h6-11,15H,1-5H3,(H,20,21)/t15-/m1/s1. The Balaban J connectivity index is 2.23. The summed E-state index contributed by atoms with van der Waals surface area (Å²) in [6.45, 7) is 8.01. The maximum Gasteiger partial charge on any atom is 0.252 e. The van der Waals surface area contributed by atoms with Crippen LogP contribution in [-0.4, -0.2) is 13.0 Å². The van der Waals surface area contributed by atoms with Crippen LogP contribution in [0.5, 0.6) is 5.75 Å². The Hall–Kier alpha value is -2.29. The van der Waals surface area contributed by atoms with Gasteiger partial charge in [0.25, 0.3) is 5.91 Å². The van der Waals surface area contributed by atoms with Crippen LogP contribution < -0.4 is 10.1 Å². The third-order valence-corrected chi connectivity index (χ3v) is 4.04. The van der Waals surface area contributed by atoms with E-state index in [9.17, 15) is 4.79 Å². The van der Waals surface area contributed by atoms with Gasteiger partial charge >= 0.3 is 0 Å². The molecule has 0 saturated heterocycles. The number of para-hydroxylation sites is 1. The molecule has 0 fully saturated rings. The Kier molecular flexibility index (Phi) is 4.86. The number of rotatable bonds is 4. The van der Waals surface area contributed by atoms with E-state index >= 15 is 0 Å². The van der Waals surface area contributed by atoms with Crippen molar-refractivity contribution < 1.29 is 9.53 Å². The average Bonchev–Trinajstić information content (AvgIpc) is 2.50. The molecule has 0 radical (unpaired) electrons. The van der Waals surface area contributed by atoms with Gasteiger partial charge in [0.2, 0.25) is 0 Å². The predicted molar refractivity (Wildman–Crippen MR) is 89.5 cm³/mol. The summed E-state index contributed by atoms with van der Waals surface area (Å²) in [5.74, 6) is 0.728. The number of methoxy groups -OCH3 is 1. The van der Waals surface area contributed by atoms with Gasteiger partial charge in [-0.2, -0.15) is 0 Å². The predicted octanol–water partition coefficient (Wildman–Crippen LogP) is 4.11. The van der Waals surface area contributed by atoms with Crippen molar-refractivity contribution in [2.75, 3.05) is 7.11 Å². The van der Waals surface area contributed by atoms with Crippen LogP contribution in [0.1, 0.15) is 45.6 Å². The molecule has 0 spiro atoms. The molecule has 0 unspecified atom stereocenters. The van der Waals surface area contributed by atoms with Gasteiger partial charge in [0, 0.05) is 11.1 Å². The fraction of sp³-hybridized carbons (Fsp3) is 0.316. The summed E-state index contributed by atoms with van der Waals surface area (Å²) in [5.41, 5.74) is 5.02. The number of carbonyl (C=O) groups is 1. The SMILES string of the molecule is COc1ccccc1[C@@H](C)NC(=O)c1cc(C)c(C)cc1C. The Morgan fingerprint density at radius 3 is 2.36 bits per heavy atom. The molecule has 0 heterocycles. The van der Waals surface area contributed by atoms with Gasteiger partial charge < -0.3 is 10.1 Å². The molecular weight excluding hydrogens is 274 g/mol. The Morgan fingerprint density at radius 1 is 1.05 bits per heavy atom. The maximum absolute atomic E-state index is 12.6. The van der Waals surface area contributed by atoms with Crippen molar-refractivity contribution in [2.24, 2.45) is 0 Å². The van der Waals surface area contributed by atoms with Crippen molar-refractivity contribution in [3.8, 4) is 5.75 Å². The number of hydrogen-bond acceptors (Lipinski definition) is 2. The lowest BCUT2D eigenvalue weighted by atomic mass is 9.99. The van der Waals surface area contributed by atoms with Gasteiger partial charge in [0.1, 0.15) is 5.75 Å². The molecule has 0 aliphatic carbocycles. The van der Waals surface area contributed by atoms with Crippen LogP contribution in [-0.2, 0) is 0 Å². The summed E-state index contributed by atoms with van der Waals surface area (Å²) in [4.78, 5) is 12.6. The number of aryl methyl sites for hydroxylation is 3. The highest BCUT2D eigenvalue weighted by Crippen LogP contribution is 2.25. The molecule has 22 heavy (non-hydrogen) atoms. The molecule has 1 N–H and O–H groups in total. The number of nitrogens with one attached hydrogen (secondary N) is 1. The van der Waals surface area contributed by atoms with Crippen LogP contribution in [0.4, 0.5) is 0 Å². The van der Waals surface area contributed by atoms with Crippen LogP contribution >= 0.6 is 0 Å². The Morgan fingerprint density at radius 2 is 1.68 bits per heavy atom. The third-order valence-electron chi connectivity index (χ3n) is 4.04. The van der Waals surface area contributed by atoms with Crippen molar-refractivity contribution in [3.63, 3.8) is 0 Å². The molecule has 116 valence electrons. The number of amides is 1. The van der Waals surface area contributed by atoms with Gasteiger partial charge in [-0.1, -0.05) is 24.3 Å². The van der Waals surface area contributed by atoms with Crippen LogP contribution in [0.2, 0.25) is 0 Å². The fourth-order valence-corrected chi connectivity index (χ4v) is 2.58. The van der Waals surface area contributed by atoms with Gasteiger partial charge in [-0.3, -0.25) is 4.79 Å². The second-order valence-electron chi connectivity index (χ2n) is 5.69. The van der Waals surface area contributed by atoms with Gasteiger partial charge in [-0.25, -0.2) is 0 Å². The van der Waals surface area contributed by atoms with Crippen molar-refractivity contribution in [2.45, 2.75) is 33.7 Å². The number of hydrogen-bond donors (Lipinski definition) is 1. The zero-order valence-electron chi connectivity index (χ0n) is 13.9. The molecule has 0 aliphatic rings. The van der Waals surface area contributed by atoms with Gasteiger partial charge in [0.05, 0.1) is 13.2 Å². The van der Waals surface area contributed by atoms with E-state index in [-0.39, 0.29) is 11.9 Å². The molecule has 2 aromatic rings. The highest BCUT2D eigenvalue weighted by atomic mass is 16.5. The minimum atomic E-state index is -0.121. The summed E-state index contributed by atoms with van der Waals surface area (Å²) in [5, 5.41) is 3.06. The molecule has 3 heteroatoms. The summed E-state index contributed by atoms with van der Waals surface area (Å²) in [6, 6.07) is 11.6. The van der Waals surface area contributed by atoms with E-state index in [1.54, 1.807) is 7.11 Å². The topological polar surface area (TPSA) is 38.3 Å². The number of carbonyl (C=O) groups excluding carboxylic acids is 1. The second kappa shape index (κ2) is 6.65. The lowest BCUT2D eigenvalue weighted by Gasteiger charge is -2.18. The molecular formula is C19H23NO2. The average molecular weight is 297 g/mol. The van der Waals surface area contributed by atoms with Crippen LogP contribution in [0.3, 0.4) is 0 Å². The summed E-state index contributed by atoms with van der Waals surface area (Å²) in [7, 11) is 1.64. The smallest absolute Gasteiger partial charge is 0.252 e. The zero-order valence-corrected chi connectivity index (χ0v) is 13.9. The van der Waals surface area contributed by atoms with E-state index in [0.717, 1.165) is 28.0 Å². The first-order valence-corrected chi connectivity index (χ1v) is 7.45. The lowest BCUT2D eigenvalue weighted by Crippen LogP contribution is -2.27. The molecule has 0 bridgehead atoms. The second-order valence-corrected chi connectivity index (χ2v) is 5.69. The first-order valence-electron chi connectivity index (χ1n) is 7.45. The molecule has 0 saturated carbocycles. The highest BCUT2D eigenvalue weighted by molar-refractivity contribution is 5.96. The summed E-state index contributed by atoms with van der Waals surface area (Å²) < 4.78 is 5.36. The molecule has 0 aliphatic heterocycles. The third kappa shape index (κ3) is 3.30. The van der Waals surface area contributed by atoms with E-state index in [0.29, 0.717) is 0 Å². The minimum absolute atomic E-state index is 0.0565. The number of benzene rings is 2. The first kappa shape index (κ1) is 16.1. The molecule has 2 rings (SSSR count). The van der Waals surface area contributed by atoms with Gasteiger partial charge in [-0.05, 0) is 56.5 Å². The van der Waals surface area contributed by atoms with Crippen molar-refractivity contribution >= 4 is 5.91 Å². The van der Waals surface area contributed by atoms with E-state index in [2.05, 4.69) is 18.3 Å². The van der Waals surface area contributed by atoms with Crippen LogP contribution in [0, 0.1) is 20.8 Å². The molecule has 1 amide bonds. The largest absolute Gasteiger partial charge is 0.496 e. The maximum atomic E-state index is 12.6. The van der Waals surface area contributed by atoms with E-state index in [1.165, 1.54) is 5.56 Å². The highest BCUT2D eigenvalue weighted by Gasteiger charge is 2.16. The summed E-state index contributed by atoms with van der Waals surface area (Å²) in [6.07, 6.45) is 0. The van der Waals surface area contributed by atoms with Crippen LogP contribution in [0.15, 0.2) is 36.4 Å².